The molecule has 0 aliphatic heterocycles. The van der Waals surface area contributed by atoms with Crippen molar-refractivity contribution in [3.63, 3.8) is 0 Å². The summed E-state index contributed by atoms with van der Waals surface area (Å²) in [6.45, 7) is 3.51. The summed E-state index contributed by atoms with van der Waals surface area (Å²) in [5, 5.41) is 11.3. The Morgan fingerprint density at radius 2 is 1.52 bits per heavy atom. The van der Waals surface area contributed by atoms with Gasteiger partial charge in [0.15, 0.2) is 0 Å². The summed E-state index contributed by atoms with van der Waals surface area (Å²) in [7, 11) is 0. The number of hydrogen-bond acceptors (Lipinski definition) is 5. The molecule has 0 amide bonds. The number of hydrogen-bond donors (Lipinski definition) is 3. The minimum Gasteiger partial charge on any atom is -0.382 e. The maximum atomic E-state index is 4.44. The van der Waals surface area contributed by atoms with E-state index in [1.54, 1.807) is 6.20 Å². The topological polar surface area (TPSA) is 61.9 Å². The second kappa shape index (κ2) is 8.10. The Morgan fingerprint density at radius 3 is 2.39 bits per heavy atom. The molecule has 0 unspecified atom stereocenters. The van der Waals surface area contributed by atoms with E-state index in [1.165, 1.54) is 0 Å². The van der Waals surface area contributed by atoms with Crippen LogP contribution in [-0.4, -0.2) is 36.1 Å². The molecule has 23 heavy (non-hydrogen) atoms. The highest BCUT2D eigenvalue weighted by Crippen LogP contribution is 2.19. The maximum absolute atomic E-state index is 4.44. The number of fused-ring (bicyclic) bond motifs is 1. The summed E-state index contributed by atoms with van der Waals surface area (Å²) in [5.41, 5.74) is 2.10. The van der Waals surface area contributed by atoms with Crippen molar-refractivity contribution >= 4 is 22.4 Å². The molecule has 5 heteroatoms. The third-order valence-corrected chi connectivity index (χ3v) is 3.52. The summed E-state index contributed by atoms with van der Waals surface area (Å²) in [6.07, 6.45) is 3.62. The highest BCUT2D eigenvalue weighted by molar-refractivity contribution is 5.90. The molecule has 0 fully saturated rings. The standard InChI is InChI=1S/C18H21N5/c1-2-9-21-17(8-1)22-14-12-19-11-13-20-16-7-3-5-15-6-4-10-23-18(15)16/h1-10,19-20H,11-14H2,(H,21,22). The minimum atomic E-state index is 0.854. The Kier molecular flexibility index (Phi) is 5.37. The van der Waals surface area contributed by atoms with Gasteiger partial charge < -0.3 is 16.0 Å². The van der Waals surface area contributed by atoms with Crippen molar-refractivity contribution in [2.75, 3.05) is 36.8 Å². The van der Waals surface area contributed by atoms with Gasteiger partial charge in [0.1, 0.15) is 5.82 Å². The smallest absolute Gasteiger partial charge is 0.125 e. The number of rotatable bonds is 8. The summed E-state index contributed by atoms with van der Waals surface area (Å²) < 4.78 is 0. The van der Waals surface area contributed by atoms with Gasteiger partial charge in [-0.15, -0.1) is 0 Å². The lowest BCUT2D eigenvalue weighted by atomic mass is 10.2. The summed E-state index contributed by atoms with van der Waals surface area (Å²) in [6, 6.07) is 16.1. The summed E-state index contributed by atoms with van der Waals surface area (Å²) in [5.74, 6) is 0.911. The van der Waals surface area contributed by atoms with Crippen molar-refractivity contribution in [2.24, 2.45) is 0 Å². The van der Waals surface area contributed by atoms with Gasteiger partial charge in [-0.25, -0.2) is 4.98 Å². The molecule has 2 heterocycles. The second-order valence-corrected chi connectivity index (χ2v) is 5.20. The summed E-state index contributed by atoms with van der Waals surface area (Å²) >= 11 is 0. The zero-order valence-corrected chi connectivity index (χ0v) is 13.0. The molecule has 0 spiro atoms. The minimum absolute atomic E-state index is 0.854. The van der Waals surface area contributed by atoms with E-state index in [2.05, 4.69) is 50.2 Å². The number of para-hydroxylation sites is 1. The van der Waals surface area contributed by atoms with Crippen LogP contribution in [0.15, 0.2) is 60.9 Å². The molecule has 5 nitrogen and oxygen atoms in total. The Bertz CT molecular complexity index is 724. The van der Waals surface area contributed by atoms with Crippen molar-refractivity contribution < 1.29 is 0 Å². The summed E-state index contributed by atoms with van der Waals surface area (Å²) in [4.78, 5) is 8.67. The fraction of sp³-hybridized carbons (Fsp3) is 0.222. The van der Waals surface area contributed by atoms with Crippen molar-refractivity contribution in [3.05, 3.63) is 60.9 Å². The molecule has 118 valence electrons. The lowest BCUT2D eigenvalue weighted by molar-refractivity contribution is 0.718. The van der Waals surface area contributed by atoms with E-state index in [0.29, 0.717) is 0 Å². The Labute approximate surface area is 136 Å². The lowest BCUT2D eigenvalue weighted by Crippen LogP contribution is -2.27. The first-order valence-electron chi connectivity index (χ1n) is 7.87. The van der Waals surface area contributed by atoms with Gasteiger partial charge in [0.05, 0.1) is 11.2 Å². The number of benzene rings is 1. The fourth-order valence-electron chi connectivity index (χ4n) is 2.40. The predicted octanol–water partition coefficient (Wildman–Crippen LogP) is 2.74. The van der Waals surface area contributed by atoms with E-state index in [0.717, 1.165) is 48.6 Å². The monoisotopic (exact) mass is 307 g/mol. The molecule has 0 atom stereocenters. The second-order valence-electron chi connectivity index (χ2n) is 5.20. The van der Waals surface area contributed by atoms with Crippen LogP contribution in [0, 0.1) is 0 Å². The molecular weight excluding hydrogens is 286 g/mol. The SMILES string of the molecule is c1ccc(NCCNCCNc2cccc3cccnc23)nc1. The van der Waals surface area contributed by atoms with E-state index in [9.17, 15) is 0 Å². The maximum Gasteiger partial charge on any atom is 0.125 e. The predicted molar refractivity (Wildman–Crippen MR) is 95.8 cm³/mol. The number of nitrogens with one attached hydrogen (secondary N) is 3. The largest absolute Gasteiger partial charge is 0.382 e. The van der Waals surface area contributed by atoms with Gasteiger partial charge in [0, 0.05) is 44.0 Å². The van der Waals surface area contributed by atoms with Crippen molar-refractivity contribution in [1.29, 1.82) is 0 Å². The van der Waals surface area contributed by atoms with Gasteiger partial charge >= 0.3 is 0 Å². The molecule has 0 aliphatic rings. The van der Waals surface area contributed by atoms with Crippen molar-refractivity contribution in [3.8, 4) is 0 Å². The zero-order valence-electron chi connectivity index (χ0n) is 13.0. The van der Waals surface area contributed by atoms with Gasteiger partial charge in [-0.05, 0) is 24.3 Å². The van der Waals surface area contributed by atoms with Crippen LogP contribution in [0.4, 0.5) is 11.5 Å². The molecule has 0 radical (unpaired) electrons. The highest BCUT2D eigenvalue weighted by Gasteiger charge is 2.00. The van der Waals surface area contributed by atoms with Crippen LogP contribution < -0.4 is 16.0 Å². The number of aromatic nitrogens is 2. The van der Waals surface area contributed by atoms with Crippen molar-refractivity contribution in [1.82, 2.24) is 15.3 Å². The zero-order chi connectivity index (χ0) is 15.7. The molecular formula is C18H21N5. The van der Waals surface area contributed by atoms with Crippen molar-refractivity contribution in [2.45, 2.75) is 0 Å². The highest BCUT2D eigenvalue weighted by atomic mass is 15.0. The first kappa shape index (κ1) is 15.2. The van der Waals surface area contributed by atoms with Crippen LogP contribution in [0.1, 0.15) is 0 Å². The van der Waals surface area contributed by atoms with Gasteiger partial charge in [-0.2, -0.15) is 0 Å². The molecule has 2 aromatic heterocycles. The number of pyridine rings is 2. The van der Waals surface area contributed by atoms with Crippen LogP contribution in [0.3, 0.4) is 0 Å². The number of nitrogens with zero attached hydrogens (tertiary/aromatic N) is 2. The van der Waals surface area contributed by atoms with Crippen LogP contribution in [-0.2, 0) is 0 Å². The van der Waals surface area contributed by atoms with Gasteiger partial charge in [0.25, 0.3) is 0 Å². The molecule has 3 aromatic rings. The molecule has 3 N–H and O–H groups in total. The fourth-order valence-corrected chi connectivity index (χ4v) is 2.40. The van der Waals surface area contributed by atoms with Gasteiger partial charge in [0.2, 0.25) is 0 Å². The molecule has 1 aromatic carbocycles. The van der Waals surface area contributed by atoms with E-state index >= 15 is 0 Å². The Balaban J connectivity index is 1.37. The quantitative estimate of drug-likeness (QED) is 0.559. The first-order chi connectivity index (χ1) is 11.4. The molecule has 0 saturated carbocycles. The van der Waals surface area contributed by atoms with Crippen LogP contribution >= 0.6 is 0 Å². The molecule has 0 bridgehead atoms. The average molecular weight is 307 g/mol. The van der Waals surface area contributed by atoms with Gasteiger partial charge in [-0.3, -0.25) is 4.98 Å². The van der Waals surface area contributed by atoms with E-state index in [-0.39, 0.29) is 0 Å². The lowest BCUT2D eigenvalue weighted by Gasteiger charge is -2.10. The van der Waals surface area contributed by atoms with Crippen LogP contribution in [0.25, 0.3) is 10.9 Å². The molecule has 3 rings (SSSR count). The van der Waals surface area contributed by atoms with E-state index in [4.69, 9.17) is 0 Å². The van der Waals surface area contributed by atoms with E-state index < -0.39 is 0 Å². The number of anilines is 2. The van der Waals surface area contributed by atoms with E-state index in [1.807, 2.05) is 30.5 Å². The Hall–Kier alpha value is -2.66. The third kappa shape index (κ3) is 4.40. The van der Waals surface area contributed by atoms with Gasteiger partial charge in [-0.1, -0.05) is 24.3 Å². The van der Waals surface area contributed by atoms with Crippen LogP contribution in [0.2, 0.25) is 0 Å². The Morgan fingerprint density at radius 1 is 0.696 bits per heavy atom. The first-order valence-corrected chi connectivity index (χ1v) is 7.87. The molecule has 0 saturated heterocycles. The normalized spacial score (nSPS) is 10.6. The average Bonchev–Trinajstić information content (AvgIpc) is 2.62. The molecule has 0 aliphatic carbocycles. The van der Waals surface area contributed by atoms with Crippen LogP contribution in [0.5, 0.6) is 0 Å². The third-order valence-electron chi connectivity index (χ3n) is 3.52.